The van der Waals surface area contributed by atoms with Crippen LogP contribution in [0.15, 0.2) is 30.3 Å². The summed E-state index contributed by atoms with van der Waals surface area (Å²) in [5.41, 5.74) is 0. The van der Waals surface area contributed by atoms with Crippen molar-refractivity contribution in [2.24, 2.45) is 0 Å². The van der Waals surface area contributed by atoms with Gasteiger partial charge in [-0.05, 0) is 12.1 Å². The Hall–Kier alpha value is -1.43. The van der Waals surface area contributed by atoms with Crippen LogP contribution in [-0.2, 0) is 0 Å². The van der Waals surface area contributed by atoms with Crippen molar-refractivity contribution in [1.82, 2.24) is 0 Å². The molecule has 0 radical (unpaired) electrons. The number of halogens is 1. The minimum atomic E-state index is -0.178. The Morgan fingerprint density at radius 2 is 1.44 bits per heavy atom. The third-order valence-electron chi connectivity index (χ3n) is 0.733. The zero-order chi connectivity index (χ0) is 7.11. The molecule has 0 aliphatic heterocycles. The van der Waals surface area contributed by atoms with Gasteiger partial charge in [-0.3, -0.25) is 0 Å². The molecule has 0 aromatic heterocycles. The summed E-state index contributed by atoms with van der Waals surface area (Å²) >= 11 is 0. The second-order valence-electron chi connectivity index (χ2n) is 1.30. The molecule has 46 valence electrons. The summed E-state index contributed by atoms with van der Waals surface area (Å²) in [6.07, 6.45) is 0. The van der Waals surface area contributed by atoms with Crippen LogP contribution in [0.3, 0.4) is 0 Å². The maximum Gasteiger partial charge on any atom is 0.123 e. The van der Waals surface area contributed by atoms with Gasteiger partial charge < -0.3 is 0 Å². The Labute approximate surface area is 52.4 Å². The minimum Gasteiger partial charge on any atom is -0.207 e. The SMILES string of the molecule is Fc1ccccc1.N#N. The van der Waals surface area contributed by atoms with Crippen molar-refractivity contribution in [2.75, 3.05) is 0 Å². The van der Waals surface area contributed by atoms with Crippen molar-refractivity contribution in [3.05, 3.63) is 36.1 Å². The number of nitrogens with zero attached hydrogens (tertiary/aromatic N) is 2. The topological polar surface area (TPSA) is 47.6 Å². The summed E-state index contributed by atoms with van der Waals surface area (Å²) in [6.45, 7) is 0. The lowest BCUT2D eigenvalue weighted by molar-refractivity contribution is 0.628. The molecule has 0 aliphatic carbocycles. The van der Waals surface area contributed by atoms with Crippen LogP contribution >= 0.6 is 0 Å². The molecule has 0 spiro atoms. The van der Waals surface area contributed by atoms with Crippen molar-refractivity contribution >= 4 is 0 Å². The molecule has 3 heteroatoms. The van der Waals surface area contributed by atoms with Crippen molar-refractivity contribution in [1.29, 1.82) is 10.8 Å². The normalized spacial score (nSPS) is 7.00. The fourth-order valence-electron chi connectivity index (χ4n) is 0.415. The first-order valence-corrected chi connectivity index (χ1v) is 2.30. The molecule has 0 bridgehead atoms. The number of rotatable bonds is 0. The molecule has 9 heavy (non-hydrogen) atoms. The third-order valence-corrected chi connectivity index (χ3v) is 0.733. The van der Waals surface area contributed by atoms with Gasteiger partial charge in [0.1, 0.15) is 5.82 Å². The van der Waals surface area contributed by atoms with Crippen LogP contribution < -0.4 is 0 Å². The van der Waals surface area contributed by atoms with Gasteiger partial charge in [-0.1, -0.05) is 18.2 Å². The number of hydrogen-bond acceptors (Lipinski definition) is 2. The lowest BCUT2D eigenvalue weighted by Crippen LogP contribution is -1.63. The average Bonchev–Trinajstić information content (AvgIpc) is 1.94. The first-order chi connectivity index (χ1) is 4.39. The Kier molecular flexibility index (Phi) is 3.97. The van der Waals surface area contributed by atoms with E-state index in [1.165, 1.54) is 12.1 Å². The monoisotopic (exact) mass is 124 g/mol. The fourth-order valence-corrected chi connectivity index (χ4v) is 0.415. The largest absolute Gasteiger partial charge is 0.207 e. The maximum absolute atomic E-state index is 11.9. The van der Waals surface area contributed by atoms with E-state index in [-0.39, 0.29) is 5.82 Å². The highest BCUT2D eigenvalue weighted by Gasteiger charge is 1.77. The Morgan fingerprint density at radius 3 is 1.67 bits per heavy atom. The van der Waals surface area contributed by atoms with Gasteiger partial charge in [0, 0.05) is 10.8 Å². The van der Waals surface area contributed by atoms with Crippen molar-refractivity contribution in [3.8, 4) is 0 Å². The van der Waals surface area contributed by atoms with Gasteiger partial charge in [-0.25, -0.2) is 4.39 Å². The molecule has 0 saturated heterocycles. The Balaban J connectivity index is 0.000000291. The van der Waals surface area contributed by atoms with E-state index in [2.05, 4.69) is 0 Å². The molecule has 0 saturated carbocycles. The van der Waals surface area contributed by atoms with Gasteiger partial charge in [0.2, 0.25) is 0 Å². The van der Waals surface area contributed by atoms with Gasteiger partial charge in [0.15, 0.2) is 0 Å². The number of hydrogen-bond donors (Lipinski definition) is 0. The zero-order valence-corrected chi connectivity index (χ0v) is 4.66. The quantitative estimate of drug-likeness (QED) is 0.495. The van der Waals surface area contributed by atoms with Crippen LogP contribution in [0.5, 0.6) is 0 Å². The molecule has 0 fully saturated rings. The van der Waals surface area contributed by atoms with Gasteiger partial charge >= 0.3 is 0 Å². The van der Waals surface area contributed by atoms with Crippen LogP contribution in [-0.4, -0.2) is 0 Å². The molecule has 0 amide bonds. The molecule has 0 unspecified atom stereocenters. The molecule has 1 rings (SSSR count). The summed E-state index contributed by atoms with van der Waals surface area (Å²) in [5, 5.41) is 12.0. The number of benzene rings is 1. The van der Waals surface area contributed by atoms with Gasteiger partial charge in [-0.15, -0.1) is 0 Å². The summed E-state index contributed by atoms with van der Waals surface area (Å²) in [7, 11) is 0. The average molecular weight is 124 g/mol. The maximum atomic E-state index is 11.9. The zero-order valence-electron chi connectivity index (χ0n) is 4.66. The van der Waals surface area contributed by atoms with Crippen LogP contribution in [0.1, 0.15) is 0 Å². The molecular formula is C6H5FN2. The third kappa shape index (κ3) is 3.18. The van der Waals surface area contributed by atoms with Gasteiger partial charge in [-0.2, -0.15) is 0 Å². The predicted octanol–water partition coefficient (Wildman–Crippen LogP) is 1.86. The van der Waals surface area contributed by atoms with Crippen LogP contribution in [0, 0.1) is 16.6 Å². The van der Waals surface area contributed by atoms with E-state index in [0.717, 1.165) is 0 Å². The lowest BCUT2D eigenvalue weighted by atomic mass is 10.4. The van der Waals surface area contributed by atoms with Gasteiger partial charge in [0.05, 0.1) is 0 Å². The van der Waals surface area contributed by atoms with Crippen molar-refractivity contribution < 1.29 is 4.39 Å². The summed E-state index contributed by atoms with van der Waals surface area (Å²) in [6, 6.07) is 7.94. The molecule has 0 heterocycles. The van der Waals surface area contributed by atoms with E-state index in [1.54, 1.807) is 18.2 Å². The molecule has 0 aliphatic rings. The molecule has 0 N–H and O–H groups in total. The molecule has 2 nitrogen and oxygen atoms in total. The van der Waals surface area contributed by atoms with E-state index >= 15 is 0 Å². The first-order valence-electron chi connectivity index (χ1n) is 2.30. The fraction of sp³-hybridized carbons (Fsp3) is 0. The van der Waals surface area contributed by atoms with E-state index in [0.29, 0.717) is 0 Å². The van der Waals surface area contributed by atoms with Crippen LogP contribution in [0.25, 0.3) is 0 Å². The summed E-state index contributed by atoms with van der Waals surface area (Å²) in [5.74, 6) is -0.178. The molecular weight excluding hydrogens is 119 g/mol. The second-order valence-corrected chi connectivity index (χ2v) is 1.30. The Morgan fingerprint density at radius 1 is 1.00 bits per heavy atom. The second kappa shape index (κ2) is 4.72. The minimum absolute atomic E-state index is 0.178. The highest BCUT2D eigenvalue weighted by molar-refractivity contribution is 5.02. The molecule has 1 aromatic carbocycles. The highest BCUT2D eigenvalue weighted by atomic mass is 19.1. The van der Waals surface area contributed by atoms with E-state index in [1.807, 2.05) is 0 Å². The highest BCUT2D eigenvalue weighted by Crippen LogP contribution is 1.91. The first kappa shape index (κ1) is 7.57. The summed E-state index contributed by atoms with van der Waals surface area (Å²) < 4.78 is 11.9. The molecule has 0 atom stereocenters. The molecule has 1 aromatic rings. The summed E-state index contributed by atoms with van der Waals surface area (Å²) in [4.78, 5) is 0. The van der Waals surface area contributed by atoms with E-state index < -0.39 is 0 Å². The van der Waals surface area contributed by atoms with Crippen LogP contribution in [0.4, 0.5) is 4.39 Å². The van der Waals surface area contributed by atoms with E-state index in [4.69, 9.17) is 10.8 Å². The standard InChI is InChI=1S/C6H5F.N2/c7-6-4-2-1-3-5-6;1-2/h1-5H;. The van der Waals surface area contributed by atoms with Crippen molar-refractivity contribution in [3.63, 3.8) is 0 Å². The predicted molar refractivity (Wildman–Crippen MR) is 29.8 cm³/mol. The van der Waals surface area contributed by atoms with Gasteiger partial charge in [0.25, 0.3) is 0 Å². The smallest absolute Gasteiger partial charge is 0.123 e. The van der Waals surface area contributed by atoms with Crippen LogP contribution in [0.2, 0.25) is 0 Å². The van der Waals surface area contributed by atoms with Crippen molar-refractivity contribution in [2.45, 2.75) is 0 Å². The Bertz CT molecular complexity index is 171. The van der Waals surface area contributed by atoms with E-state index in [9.17, 15) is 4.39 Å². The lowest BCUT2D eigenvalue weighted by Gasteiger charge is -1.78.